The topological polar surface area (TPSA) is 114 Å². The van der Waals surface area contributed by atoms with Gasteiger partial charge in [-0.05, 0) is 55.8 Å². The van der Waals surface area contributed by atoms with Crippen LogP contribution < -0.4 is 20.1 Å². The van der Waals surface area contributed by atoms with Gasteiger partial charge in [0, 0.05) is 11.3 Å². The Morgan fingerprint density at radius 2 is 1.68 bits per heavy atom. The average molecular weight is 425 g/mol. The molecule has 0 radical (unpaired) electrons. The van der Waals surface area contributed by atoms with Gasteiger partial charge in [0.05, 0.1) is 14.2 Å². The number of ketones is 1. The monoisotopic (exact) mass is 425 g/mol. The largest absolute Gasteiger partial charge is 0.493 e. The van der Waals surface area contributed by atoms with Gasteiger partial charge in [0.25, 0.3) is 5.91 Å². The van der Waals surface area contributed by atoms with Crippen molar-refractivity contribution in [1.82, 2.24) is 10.2 Å². The van der Waals surface area contributed by atoms with Crippen LogP contribution in [-0.2, 0) is 15.1 Å². The fourth-order valence-corrected chi connectivity index (χ4v) is 3.32. The molecule has 9 heteroatoms. The predicted octanol–water partition coefficient (Wildman–Crippen LogP) is 2.31. The molecule has 2 aromatic carbocycles. The highest BCUT2D eigenvalue weighted by Crippen LogP contribution is 2.35. The van der Waals surface area contributed by atoms with Crippen LogP contribution in [0, 0.1) is 0 Å². The Labute approximate surface area is 179 Å². The van der Waals surface area contributed by atoms with Crippen molar-refractivity contribution in [2.45, 2.75) is 19.4 Å². The molecule has 1 aliphatic heterocycles. The highest BCUT2D eigenvalue weighted by molar-refractivity contribution is 6.10. The van der Waals surface area contributed by atoms with Crippen LogP contribution in [0.3, 0.4) is 0 Å². The molecule has 0 aliphatic carbocycles. The van der Waals surface area contributed by atoms with Crippen LogP contribution >= 0.6 is 0 Å². The number of urea groups is 1. The van der Waals surface area contributed by atoms with Crippen LogP contribution in [0.1, 0.15) is 29.8 Å². The maximum atomic E-state index is 13.1. The van der Waals surface area contributed by atoms with Crippen LogP contribution in [-0.4, -0.2) is 49.3 Å². The number of Topliss-reactive ketones (excluding diaryl/α,β-unsaturated/α-hetero) is 1. The molecule has 2 aromatic rings. The lowest BCUT2D eigenvalue weighted by molar-refractivity contribution is -0.133. The second-order valence-electron chi connectivity index (χ2n) is 7.20. The SMILES string of the molecule is COc1ccc([C@]2(C)NC(=O)N(CC(=O)Nc3ccc(C(C)=O)cc3)C2=O)cc1OC. The summed E-state index contributed by atoms with van der Waals surface area (Å²) in [4.78, 5) is 50.2. The van der Waals surface area contributed by atoms with Gasteiger partial charge in [-0.15, -0.1) is 0 Å². The lowest BCUT2D eigenvalue weighted by Crippen LogP contribution is -2.42. The Morgan fingerprint density at radius 1 is 1.03 bits per heavy atom. The summed E-state index contributed by atoms with van der Waals surface area (Å²) >= 11 is 0. The summed E-state index contributed by atoms with van der Waals surface area (Å²) in [5, 5.41) is 5.26. The minimum absolute atomic E-state index is 0.0911. The Kier molecular flexibility index (Phi) is 5.96. The first-order valence-electron chi connectivity index (χ1n) is 9.47. The molecule has 3 rings (SSSR count). The van der Waals surface area contributed by atoms with Crippen LogP contribution in [0.4, 0.5) is 10.5 Å². The number of rotatable bonds is 7. The fourth-order valence-electron chi connectivity index (χ4n) is 3.32. The number of amides is 4. The molecule has 1 heterocycles. The molecule has 0 bridgehead atoms. The first kappa shape index (κ1) is 21.8. The maximum absolute atomic E-state index is 13.1. The summed E-state index contributed by atoms with van der Waals surface area (Å²) in [7, 11) is 2.97. The van der Waals surface area contributed by atoms with Crippen LogP contribution in [0.5, 0.6) is 11.5 Å². The van der Waals surface area contributed by atoms with E-state index in [1.807, 2.05) is 0 Å². The van der Waals surface area contributed by atoms with E-state index in [9.17, 15) is 19.2 Å². The molecule has 0 unspecified atom stereocenters. The Balaban J connectivity index is 1.75. The second-order valence-corrected chi connectivity index (χ2v) is 7.20. The summed E-state index contributed by atoms with van der Waals surface area (Å²) in [5.41, 5.74) is 0.0915. The number of ether oxygens (including phenoxy) is 2. The van der Waals surface area contributed by atoms with Crippen LogP contribution in [0.25, 0.3) is 0 Å². The van der Waals surface area contributed by atoms with Crippen molar-refractivity contribution in [3.63, 3.8) is 0 Å². The van der Waals surface area contributed by atoms with E-state index in [0.717, 1.165) is 4.90 Å². The third-order valence-electron chi connectivity index (χ3n) is 5.11. The van der Waals surface area contributed by atoms with Gasteiger partial charge in [-0.3, -0.25) is 19.3 Å². The number of imide groups is 1. The van der Waals surface area contributed by atoms with E-state index < -0.39 is 29.9 Å². The van der Waals surface area contributed by atoms with E-state index in [1.54, 1.807) is 49.4 Å². The molecule has 162 valence electrons. The van der Waals surface area contributed by atoms with Gasteiger partial charge in [-0.25, -0.2) is 4.79 Å². The summed E-state index contributed by atoms with van der Waals surface area (Å²) in [6, 6.07) is 10.5. The highest BCUT2D eigenvalue weighted by Gasteiger charge is 2.49. The predicted molar refractivity (Wildman–Crippen MR) is 112 cm³/mol. The number of carbonyl (C=O) groups excluding carboxylic acids is 4. The number of nitrogens with zero attached hydrogens (tertiary/aromatic N) is 1. The molecule has 0 aromatic heterocycles. The van der Waals surface area contributed by atoms with Gasteiger partial charge >= 0.3 is 6.03 Å². The minimum Gasteiger partial charge on any atom is -0.493 e. The number of hydrogen-bond donors (Lipinski definition) is 2. The number of methoxy groups -OCH3 is 2. The molecule has 9 nitrogen and oxygen atoms in total. The number of nitrogens with one attached hydrogen (secondary N) is 2. The van der Waals surface area contributed by atoms with E-state index in [0.29, 0.717) is 28.3 Å². The van der Waals surface area contributed by atoms with E-state index in [-0.39, 0.29) is 5.78 Å². The zero-order chi connectivity index (χ0) is 22.8. The molecule has 1 aliphatic rings. The van der Waals surface area contributed by atoms with Crippen molar-refractivity contribution in [3.05, 3.63) is 53.6 Å². The van der Waals surface area contributed by atoms with E-state index >= 15 is 0 Å². The normalized spacial score (nSPS) is 17.9. The van der Waals surface area contributed by atoms with Crippen molar-refractivity contribution in [3.8, 4) is 11.5 Å². The Morgan fingerprint density at radius 3 is 2.26 bits per heavy atom. The van der Waals surface area contributed by atoms with Gasteiger partial charge in [-0.1, -0.05) is 6.07 Å². The Hall–Kier alpha value is -3.88. The van der Waals surface area contributed by atoms with E-state index in [4.69, 9.17) is 9.47 Å². The molecule has 31 heavy (non-hydrogen) atoms. The molecule has 0 spiro atoms. The summed E-state index contributed by atoms with van der Waals surface area (Å²) < 4.78 is 10.5. The van der Waals surface area contributed by atoms with Crippen molar-refractivity contribution in [2.75, 3.05) is 26.1 Å². The number of benzene rings is 2. The maximum Gasteiger partial charge on any atom is 0.325 e. The molecule has 1 atom stereocenters. The second kappa shape index (κ2) is 8.47. The van der Waals surface area contributed by atoms with Crippen LogP contribution in [0.15, 0.2) is 42.5 Å². The Bertz CT molecular complexity index is 1050. The van der Waals surface area contributed by atoms with Crippen molar-refractivity contribution < 1.29 is 28.7 Å². The van der Waals surface area contributed by atoms with Gasteiger partial charge in [0.1, 0.15) is 12.1 Å². The highest BCUT2D eigenvalue weighted by atomic mass is 16.5. The number of hydrogen-bond acceptors (Lipinski definition) is 6. The summed E-state index contributed by atoms with van der Waals surface area (Å²) in [5.74, 6) is -0.304. The minimum atomic E-state index is -1.36. The van der Waals surface area contributed by atoms with Gasteiger partial charge in [0.15, 0.2) is 17.3 Å². The number of carbonyl (C=O) groups is 4. The van der Waals surface area contributed by atoms with Crippen LogP contribution in [0.2, 0.25) is 0 Å². The molecule has 1 saturated heterocycles. The van der Waals surface area contributed by atoms with E-state index in [1.165, 1.54) is 21.1 Å². The molecule has 1 fully saturated rings. The zero-order valence-corrected chi connectivity index (χ0v) is 17.6. The van der Waals surface area contributed by atoms with E-state index in [2.05, 4.69) is 10.6 Å². The lowest BCUT2D eigenvalue weighted by atomic mass is 9.91. The fraction of sp³-hybridized carbons (Fsp3) is 0.273. The first-order chi connectivity index (χ1) is 14.7. The third kappa shape index (κ3) is 4.20. The summed E-state index contributed by atoms with van der Waals surface area (Å²) in [6.07, 6.45) is 0. The van der Waals surface area contributed by atoms with Gasteiger partial charge in [0.2, 0.25) is 5.91 Å². The zero-order valence-electron chi connectivity index (χ0n) is 17.6. The standard InChI is InChI=1S/C22H23N3O6/c1-13(26)14-5-8-16(9-6-14)23-19(27)12-25-20(28)22(2,24-21(25)29)15-7-10-17(30-3)18(11-15)31-4/h5-11H,12H2,1-4H3,(H,23,27)(H,24,29)/t22-/m0/s1. The quantitative estimate of drug-likeness (QED) is 0.520. The lowest BCUT2D eigenvalue weighted by Gasteiger charge is -2.23. The molecule has 2 N–H and O–H groups in total. The summed E-state index contributed by atoms with van der Waals surface area (Å²) in [6.45, 7) is 2.55. The molecule has 0 saturated carbocycles. The van der Waals surface area contributed by atoms with Gasteiger partial charge < -0.3 is 20.1 Å². The average Bonchev–Trinajstić information content (AvgIpc) is 2.97. The molecular formula is C22H23N3O6. The smallest absolute Gasteiger partial charge is 0.325 e. The first-order valence-corrected chi connectivity index (χ1v) is 9.47. The van der Waals surface area contributed by atoms with Gasteiger partial charge in [-0.2, -0.15) is 0 Å². The third-order valence-corrected chi connectivity index (χ3v) is 5.11. The van der Waals surface area contributed by atoms with Crippen molar-refractivity contribution in [2.24, 2.45) is 0 Å². The number of anilines is 1. The molecule has 4 amide bonds. The molecular weight excluding hydrogens is 402 g/mol. The van der Waals surface area contributed by atoms with Crippen molar-refractivity contribution in [1.29, 1.82) is 0 Å². The van der Waals surface area contributed by atoms with Crippen molar-refractivity contribution >= 4 is 29.3 Å².